The van der Waals surface area contributed by atoms with Gasteiger partial charge in [0.05, 0.1) is 6.61 Å². The van der Waals surface area contributed by atoms with Gasteiger partial charge in [-0.25, -0.2) is 0 Å². The van der Waals surface area contributed by atoms with Crippen LogP contribution in [0.3, 0.4) is 0 Å². The molecule has 2 aromatic rings. The average molecular weight is 287 g/mol. The van der Waals surface area contributed by atoms with Crippen molar-refractivity contribution in [3.05, 3.63) is 60.2 Å². The third-order valence-corrected chi connectivity index (χ3v) is 3.12. The first-order chi connectivity index (χ1) is 10.3. The van der Waals surface area contributed by atoms with Gasteiger partial charge in [0.25, 0.3) is 0 Å². The Kier molecular flexibility index (Phi) is 5.60. The fourth-order valence-corrected chi connectivity index (χ4v) is 2.09. The molecule has 0 aliphatic heterocycles. The third-order valence-electron chi connectivity index (χ3n) is 3.12. The Bertz CT molecular complexity index is 545. The maximum atomic E-state index is 10.2. The van der Waals surface area contributed by atoms with E-state index in [1.807, 2.05) is 61.5 Å². The summed E-state index contributed by atoms with van der Waals surface area (Å²) in [5.74, 6) is 1.26. The predicted molar refractivity (Wildman–Crippen MR) is 82.5 cm³/mol. The van der Waals surface area contributed by atoms with Crippen molar-refractivity contribution in [3.63, 3.8) is 0 Å². The fourth-order valence-electron chi connectivity index (χ4n) is 2.09. The molecule has 0 unspecified atom stereocenters. The molecule has 0 heterocycles. The van der Waals surface area contributed by atoms with Crippen LogP contribution in [0, 0.1) is 0 Å². The predicted octanol–water partition coefficient (Wildman–Crippen LogP) is 2.52. The SMILES string of the molecule is CCOc1ccccc1O[C@@H](c1ccccc1)[C@H](O)CN. The van der Waals surface area contributed by atoms with Crippen LogP contribution in [0.15, 0.2) is 54.6 Å². The van der Waals surface area contributed by atoms with Crippen LogP contribution in [-0.4, -0.2) is 24.4 Å². The molecule has 21 heavy (non-hydrogen) atoms. The van der Waals surface area contributed by atoms with E-state index >= 15 is 0 Å². The second-order valence-electron chi connectivity index (χ2n) is 4.63. The van der Waals surface area contributed by atoms with Gasteiger partial charge < -0.3 is 20.3 Å². The van der Waals surface area contributed by atoms with E-state index in [0.29, 0.717) is 18.1 Å². The second-order valence-corrected chi connectivity index (χ2v) is 4.63. The number of ether oxygens (including phenoxy) is 2. The lowest BCUT2D eigenvalue weighted by Gasteiger charge is -2.24. The van der Waals surface area contributed by atoms with Crippen molar-refractivity contribution < 1.29 is 14.6 Å². The maximum absolute atomic E-state index is 10.2. The summed E-state index contributed by atoms with van der Waals surface area (Å²) in [6, 6.07) is 17.0. The minimum absolute atomic E-state index is 0.121. The summed E-state index contributed by atoms with van der Waals surface area (Å²) >= 11 is 0. The molecule has 0 fully saturated rings. The van der Waals surface area contributed by atoms with Crippen LogP contribution in [0.5, 0.6) is 11.5 Å². The van der Waals surface area contributed by atoms with Gasteiger partial charge in [-0.1, -0.05) is 42.5 Å². The highest BCUT2D eigenvalue weighted by Gasteiger charge is 2.23. The number of hydrogen-bond donors (Lipinski definition) is 2. The summed E-state index contributed by atoms with van der Waals surface area (Å²) in [5.41, 5.74) is 6.48. The summed E-state index contributed by atoms with van der Waals surface area (Å²) in [6.45, 7) is 2.59. The Morgan fingerprint density at radius 2 is 1.62 bits per heavy atom. The van der Waals surface area contributed by atoms with Crippen molar-refractivity contribution in [1.29, 1.82) is 0 Å². The lowest BCUT2D eigenvalue weighted by Crippen LogP contribution is -2.31. The van der Waals surface area contributed by atoms with E-state index in [1.54, 1.807) is 0 Å². The van der Waals surface area contributed by atoms with E-state index in [-0.39, 0.29) is 6.54 Å². The third kappa shape index (κ3) is 3.97. The molecule has 0 aromatic heterocycles. The molecule has 0 saturated heterocycles. The Morgan fingerprint density at radius 1 is 1.00 bits per heavy atom. The molecule has 0 amide bonds. The summed E-state index contributed by atoms with van der Waals surface area (Å²) < 4.78 is 11.5. The van der Waals surface area contributed by atoms with Crippen molar-refractivity contribution in [1.82, 2.24) is 0 Å². The largest absolute Gasteiger partial charge is 0.490 e. The number of para-hydroxylation sites is 2. The van der Waals surface area contributed by atoms with Crippen LogP contribution >= 0.6 is 0 Å². The molecule has 0 aliphatic carbocycles. The Labute approximate surface area is 125 Å². The Hall–Kier alpha value is -2.04. The molecule has 0 aliphatic rings. The van der Waals surface area contributed by atoms with Gasteiger partial charge in [-0.3, -0.25) is 0 Å². The number of nitrogens with two attached hydrogens (primary N) is 1. The zero-order valence-corrected chi connectivity index (χ0v) is 12.1. The Balaban J connectivity index is 2.27. The number of rotatable bonds is 7. The Morgan fingerprint density at radius 3 is 2.24 bits per heavy atom. The lowest BCUT2D eigenvalue weighted by atomic mass is 10.0. The summed E-state index contributed by atoms with van der Waals surface area (Å²) in [4.78, 5) is 0. The molecule has 0 radical (unpaired) electrons. The van der Waals surface area contributed by atoms with E-state index in [1.165, 1.54) is 0 Å². The summed E-state index contributed by atoms with van der Waals surface area (Å²) in [6.07, 6.45) is -1.32. The summed E-state index contributed by atoms with van der Waals surface area (Å²) in [7, 11) is 0. The van der Waals surface area contributed by atoms with Gasteiger partial charge in [0.2, 0.25) is 0 Å². The smallest absolute Gasteiger partial charge is 0.162 e. The zero-order chi connectivity index (χ0) is 15.1. The van der Waals surface area contributed by atoms with Gasteiger partial charge in [-0.05, 0) is 24.6 Å². The van der Waals surface area contributed by atoms with E-state index in [9.17, 15) is 5.11 Å². The minimum Gasteiger partial charge on any atom is -0.490 e. The van der Waals surface area contributed by atoms with Crippen LogP contribution in [-0.2, 0) is 0 Å². The molecular weight excluding hydrogens is 266 g/mol. The van der Waals surface area contributed by atoms with Crippen LogP contribution in [0.25, 0.3) is 0 Å². The van der Waals surface area contributed by atoms with Crippen LogP contribution in [0.2, 0.25) is 0 Å². The van der Waals surface area contributed by atoms with Crippen molar-refractivity contribution in [3.8, 4) is 11.5 Å². The van der Waals surface area contributed by atoms with Gasteiger partial charge in [0.1, 0.15) is 6.10 Å². The van der Waals surface area contributed by atoms with Gasteiger partial charge >= 0.3 is 0 Å². The second kappa shape index (κ2) is 7.67. The molecule has 2 rings (SSSR count). The first-order valence-electron chi connectivity index (χ1n) is 7.07. The average Bonchev–Trinajstić information content (AvgIpc) is 2.54. The van der Waals surface area contributed by atoms with Gasteiger partial charge in [-0.2, -0.15) is 0 Å². The van der Waals surface area contributed by atoms with E-state index in [4.69, 9.17) is 15.2 Å². The van der Waals surface area contributed by atoms with E-state index in [2.05, 4.69) is 0 Å². The van der Waals surface area contributed by atoms with E-state index < -0.39 is 12.2 Å². The topological polar surface area (TPSA) is 64.7 Å². The quantitative estimate of drug-likeness (QED) is 0.821. The molecule has 0 bridgehead atoms. The van der Waals surface area contributed by atoms with Gasteiger partial charge in [-0.15, -0.1) is 0 Å². The molecule has 0 spiro atoms. The number of hydrogen-bond acceptors (Lipinski definition) is 4. The molecule has 4 heteroatoms. The molecule has 3 N–H and O–H groups in total. The van der Waals surface area contributed by atoms with Crippen LogP contribution in [0.1, 0.15) is 18.6 Å². The van der Waals surface area contributed by atoms with Gasteiger partial charge in [0, 0.05) is 6.54 Å². The highest BCUT2D eigenvalue weighted by Crippen LogP contribution is 2.32. The minimum atomic E-state index is -0.790. The summed E-state index contributed by atoms with van der Waals surface area (Å²) in [5, 5.41) is 10.2. The van der Waals surface area contributed by atoms with Crippen molar-refractivity contribution in [2.75, 3.05) is 13.2 Å². The van der Waals surface area contributed by atoms with Gasteiger partial charge in [0.15, 0.2) is 17.6 Å². The molecule has 4 nitrogen and oxygen atoms in total. The monoisotopic (exact) mass is 287 g/mol. The highest BCUT2D eigenvalue weighted by atomic mass is 16.5. The van der Waals surface area contributed by atoms with E-state index in [0.717, 1.165) is 5.56 Å². The number of aliphatic hydroxyl groups is 1. The standard InChI is InChI=1S/C17H21NO3/c1-2-20-15-10-6-7-11-16(15)21-17(14(19)12-18)13-8-4-3-5-9-13/h3-11,14,17,19H,2,12,18H2,1H3/t14-,17+/m1/s1. The molecule has 2 aromatic carbocycles. The van der Waals surface area contributed by atoms with Crippen molar-refractivity contribution in [2.45, 2.75) is 19.1 Å². The molecular formula is C17H21NO3. The molecule has 112 valence electrons. The molecule has 2 atom stereocenters. The molecule has 0 saturated carbocycles. The highest BCUT2D eigenvalue weighted by molar-refractivity contribution is 5.40. The first-order valence-corrected chi connectivity index (χ1v) is 7.07. The van der Waals surface area contributed by atoms with Crippen LogP contribution in [0.4, 0.5) is 0 Å². The zero-order valence-electron chi connectivity index (χ0n) is 12.1. The normalized spacial score (nSPS) is 13.5. The lowest BCUT2D eigenvalue weighted by molar-refractivity contribution is 0.0394. The number of benzene rings is 2. The van der Waals surface area contributed by atoms with Crippen molar-refractivity contribution >= 4 is 0 Å². The fraction of sp³-hybridized carbons (Fsp3) is 0.294. The number of aliphatic hydroxyl groups excluding tert-OH is 1. The first kappa shape index (κ1) is 15.4. The maximum Gasteiger partial charge on any atom is 0.162 e. The van der Waals surface area contributed by atoms with Crippen molar-refractivity contribution in [2.24, 2.45) is 5.73 Å². The van der Waals surface area contributed by atoms with Crippen LogP contribution < -0.4 is 15.2 Å².